The molecule has 1 atom stereocenters. The molecule has 1 aromatic carbocycles. The van der Waals surface area contributed by atoms with Gasteiger partial charge in [0.25, 0.3) is 0 Å². The molecule has 1 aliphatic rings. The first kappa shape index (κ1) is 8.23. The Morgan fingerprint density at radius 3 is 3.17 bits per heavy atom. The topological polar surface area (TPSA) is 32.3 Å². The second-order valence-electron chi connectivity index (χ2n) is 2.93. The summed E-state index contributed by atoms with van der Waals surface area (Å²) in [6.45, 7) is 1.02. The lowest BCUT2D eigenvalue weighted by atomic mass is 10.1. The number of hydrogen-bond acceptors (Lipinski definition) is 2. The minimum Gasteiger partial charge on any atom is -0.394 e. The fourth-order valence-electron chi connectivity index (χ4n) is 1.62. The van der Waals surface area contributed by atoms with Crippen LogP contribution in [-0.4, -0.2) is 11.7 Å². The van der Waals surface area contributed by atoms with Gasteiger partial charge in [-0.1, -0.05) is 28.1 Å². The van der Waals surface area contributed by atoms with Crippen LogP contribution in [0.25, 0.3) is 0 Å². The van der Waals surface area contributed by atoms with Gasteiger partial charge in [-0.05, 0) is 17.2 Å². The van der Waals surface area contributed by atoms with Crippen molar-refractivity contribution in [2.75, 3.05) is 6.61 Å². The lowest BCUT2D eigenvalue weighted by molar-refractivity contribution is 0.251. The monoisotopic (exact) mass is 227 g/mol. The largest absolute Gasteiger partial charge is 0.394 e. The molecular formula is C9H10BrNO. The van der Waals surface area contributed by atoms with Crippen LogP contribution in [0.3, 0.4) is 0 Å². The van der Waals surface area contributed by atoms with Crippen LogP contribution in [0.4, 0.5) is 0 Å². The smallest absolute Gasteiger partial charge is 0.0627 e. The van der Waals surface area contributed by atoms with Gasteiger partial charge in [0.05, 0.1) is 12.6 Å². The van der Waals surface area contributed by atoms with Crippen LogP contribution in [0, 0.1) is 0 Å². The van der Waals surface area contributed by atoms with E-state index in [1.165, 1.54) is 11.1 Å². The third-order valence-electron chi connectivity index (χ3n) is 2.21. The third kappa shape index (κ3) is 1.18. The highest BCUT2D eigenvalue weighted by Gasteiger charge is 2.22. The van der Waals surface area contributed by atoms with E-state index in [9.17, 15) is 0 Å². The molecule has 12 heavy (non-hydrogen) atoms. The molecule has 2 rings (SSSR count). The van der Waals surface area contributed by atoms with Crippen LogP contribution < -0.4 is 5.32 Å². The van der Waals surface area contributed by atoms with Crippen LogP contribution in [-0.2, 0) is 6.54 Å². The van der Waals surface area contributed by atoms with Gasteiger partial charge in [0.1, 0.15) is 0 Å². The summed E-state index contributed by atoms with van der Waals surface area (Å²) in [5.41, 5.74) is 2.49. The molecule has 0 saturated heterocycles. The quantitative estimate of drug-likeness (QED) is 0.764. The summed E-state index contributed by atoms with van der Waals surface area (Å²) < 4.78 is 1.09. The molecular weight excluding hydrogens is 218 g/mol. The first-order valence-corrected chi connectivity index (χ1v) is 4.73. The van der Waals surface area contributed by atoms with E-state index in [-0.39, 0.29) is 12.6 Å². The highest BCUT2D eigenvalue weighted by atomic mass is 79.9. The molecule has 0 bridgehead atoms. The van der Waals surface area contributed by atoms with Crippen molar-refractivity contribution in [1.82, 2.24) is 5.32 Å². The van der Waals surface area contributed by atoms with Gasteiger partial charge >= 0.3 is 0 Å². The second-order valence-corrected chi connectivity index (χ2v) is 3.78. The SMILES string of the molecule is OC[C@H]1NCc2cccc(Br)c21. The maximum atomic E-state index is 9.05. The molecule has 2 nitrogen and oxygen atoms in total. The zero-order valence-electron chi connectivity index (χ0n) is 6.55. The van der Waals surface area contributed by atoms with Gasteiger partial charge in [0, 0.05) is 11.0 Å². The van der Waals surface area contributed by atoms with Gasteiger partial charge in [0.2, 0.25) is 0 Å². The average Bonchev–Trinajstić information content (AvgIpc) is 2.49. The number of rotatable bonds is 1. The molecule has 0 aliphatic carbocycles. The molecule has 0 unspecified atom stereocenters. The minimum atomic E-state index is 0.107. The molecule has 64 valence electrons. The number of fused-ring (bicyclic) bond motifs is 1. The number of aliphatic hydroxyl groups is 1. The Morgan fingerprint density at radius 2 is 2.42 bits per heavy atom. The lowest BCUT2D eigenvalue weighted by Crippen LogP contribution is -2.15. The Bertz CT molecular complexity index is 301. The first-order valence-electron chi connectivity index (χ1n) is 3.94. The Balaban J connectivity index is 2.48. The van der Waals surface area contributed by atoms with Crippen molar-refractivity contribution in [2.45, 2.75) is 12.6 Å². The first-order chi connectivity index (χ1) is 5.83. The van der Waals surface area contributed by atoms with Gasteiger partial charge in [-0.3, -0.25) is 0 Å². The molecule has 0 spiro atoms. The van der Waals surface area contributed by atoms with E-state index >= 15 is 0 Å². The van der Waals surface area contributed by atoms with Crippen molar-refractivity contribution >= 4 is 15.9 Å². The summed E-state index contributed by atoms with van der Waals surface area (Å²) in [6, 6.07) is 6.22. The van der Waals surface area contributed by atoms with Crippen molar-refractivity contribution in [1.29, 1.82) is 0 Å². The molecule has 0 amide bonds. The molecule has 2 N–H and O–H groups in total. The predicted molar refractivity (Wildman–Crippen MR) is 50.8 cm³/mol. The molecule has 0 fully saturated rings. The summed E-state index contributed by atoms with van der Waals surface area (Å²) in [5, 5.41) is 12.3. The molecule has 1 heterocycles. The van der Waals surface area contributed by atoms with Crippen LogP contribution in [0.15, 0.2) is 22.7 Å². The third-order valence-corrected chi connectivity index (χ3v) is 2.90. The summed E-state index contributed by atoms with van der Waals surface area (Å²) in [5.74, 6) is 0. The molecule has 1 aromatic rings. The van der Waals surface area contributed by atoms with Gasteiger partial charge < -0.3 is 10.4 Å². The van der Waals surface area contributed by atoms with Crippen molar-refractivity contribution in [3.8, 4) is 0 Å². The summed E-state index contributed by atoms with van der Waals surface area (Å²) in [6.07, 6.45) is 0. The molecule has 0 aromatic heterocycles. The lowest BCUT2D eigenvalue weighted by Gasteiger charge is -2.09. The van der Waals surface area contributed by atoms with Gasteiger partial charge in [-0.15, -0.1) is 0 Å². The van der Waals surface area contributed by atoms with Crippen molar-refractivity contribution in [3.63, 3.8) is 0 Å². The second kappa shape index (κ2) is 3.17. The summed E-state index contributed by atoms with van der Waals surface area (Å²) >= 11 is 3.48. The molecule has 1 aliphatic heterocycles. The van der Waals surface area contributed by atoms with Crippen molar-refractivity contribution in [3.05, 3.63) is 33.8 Å². The zero-order valence-corrected chi connectivity index (χ0v) is 8.13. The highest BCUT2D eigenvalue weighted by molar-refractivity contribution is 9.10. The standard InChI is InChI=1S/C9H10BrNO/c10-7-3-1-2-6-4-11-8(5-12)9(6)7/h1-3,8,11-12H,4-5H2/t8-/m1/s1. The number of benzene rings is 1. The van der Waals surface area contributed by atoms with E-state index in [0.717, 1.165) is 11.0 Å². The number of nitrogens with one attached hydrogen (secondary N) is 1. The van der Waals surface area contributed by atoms with Crippen LogP contribution in [0.1, 0.15) is 17.2 Å². The van der Waals surface area contributed by atoms with Crippen molar-refractivity contribution in [2.24, 2.45) is 0 Å². The maximum Gasteiger partial charge on any atom is 0.0627 e. The summed E-state index contributed by atoms with van der Waals surface area (Å²) in [7, 11) is 0. The summed E-state index contributed by atoms with van der Waals surface area (Å²) in [4.78, 5) is 0. The Kier molecular flexibility index (Phi) is 2.17. The number of halogens is 1. The number of hydrogen-bond donors (Lipinski definition) is 2. The molecule has 3 heteroatoms. The maximum absolute atomic E-state index is 9.05. The predicted octanol–water partition coefficient (Wildman–Crippen LogP) is 1.59. The Hall–Kier alpha value is -0.380. The van der Waals surface area contributed by atoms with E-state index in [1.54, 1.807) is 0 Å². The number of aliphatic hydroxyl groups excluding tert-OH is 1. The fraction of sp³-hybridized carbons (Fsp3) is 0.333. The van der Waals surface area contributed by atoms with Crippen LogP contribution in [0.5, 0.6) is 0 Å². The van der Waals surface area contributed by atoms with E-state index in [2.05, 4.69) is 27.3 Å². The average molecular weight is 228 g/mol. The van der Waals surface area contributed by atoms with Crippen LogP contribution >= 0.6 is 15.9 Å². The van der Waals surface area contributed by atoms with Crippen molar-refractivity contribution < 1.29 is 5.11 Å². The minimum absolute atomic E-state index is 0.107. The fourth-order valence-corrected chi connectivity index (χ4v) is 2.30. The van der Waals surface area contributed by atoms with E-state index in [1.807, 2.05) is 12.1 Å². The van der Waals surface area contributed by atoms with Gasteiger partial charge in [0.15, 0.2) is 0 Å². The highest BCUT2D eigenvalue weighted by Crippen LogP contribution is 2.31. The Morgan fingerprint density at radius 1 is 1.58 bits per heavy atom. The van der Waals surface area contributed by atoms with E-state index in [0.29, 0.717) is 0 Å². The molecule has 0 saturated carbocycles. The van der Waals surface area contributed by atoms with E-state index in [4.69, 9.17) is 5.11 Å². The van der Waals surface area contributed by atoms with Crippen LogP contribution in [0.2, 0.25) is 0 Å². The molecule has 0 radical (unpaired) electrons. The Labute approximate surface area is 79.7 Å². The van der Waals surface area contributed by atoms with E-state index < -0.39 is 0 Å². The van der Waals surface area contributed by atoms with Gasteiger partial charge in [-0.2, -0.15) is 0 Å². The zero-order chi connectivity index (χ0) is 8.55. The normalized spacial score (nSPS) is 21.0. The van der Waals surface area contributed by atoms with Gasteiger partial charge in [-0.25, -0.2) is 0 Å².